The lowest BCUT2D eigenvalue weighted by Crippen LogP contribution is -2.39. The van der Waals surface area contributed by atoms with Crippen LogP contribution in [0.15, 0.2) is 0 Å². The molecule has 2 amide bonds. The molecule has 0 aromatic rings. The maximum Gasteiger partial charge on any atom is 0.319 e. The molecule has 0 aromatic carbocycles. The molecule has 5 nitrogen and oxygen atoms in total. The van der Waals surface area contributed by atoms with E-state index in [1.807, 2.05) is 4.90 Å². The van der Waals surface area contributed by atoms with E-state index in [9.17, 15) is 4.79 Å². The summed E-state index contributed by atoms with van der Waals surface area (Å²) in [4.78, 5) is 15.6. The summed E-state index contributed by atoms with van der Waals surface area (Å²) in [7, 11) is 3.61. The van der Waals surface area contributed by atoms with E-state index in [0.29, 0.717) is 11.8 Å². The molecule has 2 saturated heterocycles. The van der Waals surface area contributed by atoms with Crippen LogP contribution >= 0.6 is 0 Å². The summed E-state index contributed by atoms with van der Waals surface area (Å²) in [6, 6.07) is 0.103. The van der Waals surface area contributed by atoms with E-state index < -0.39 is 0 Å². The average Bonchev–Trinajstić information content (AvgIpc) is 3.03. The Morgan fingerprint density at radius 1 is 1.35 bits per heavy atom. The van der Waals surface area contributed by atoms with Gasteiger partial charge in [0.05, 0.1) is 12.7 Å². The summed E-state index contributed by atoms with van der Waals surface area (Å²) in [5.74, 6) is 1.89. The highest BCUT2D eigenvalue weighted by molar-refractivity contribution is 5.74. The molecule has 5 heteroatoms. The lowest BCUT2D eigenvalue weighted by atomic mass is 9.91. The first-order valence-electron chi connectivity index (χ1n) is 7.80. The Bertz CT molecular complexity index is 357. The van der Waals surface area contributed by atoms with Gasteiger partial charge in [-0.25, -0.2) is 4.79 Å². The third-order valence-corrected chi connectivity index (χ3v) is 4.78. The topological polar surface area (TPSA) is 42.0 Å². The van der Waals surface area contributed by atoms with Crippen molar-refractivity contribution in [2.45, 2.75) is 25.4 Å². The van der Waals surface area contributed by atoms with Gasteiger partial charge in [0.25, 0.3) is 0 Å². The molecule has 3 fully saturated rings. The molecule has 3 rings (SSSR count). The molecule has 3 aliphatic rings. The van der Waals surface area contributed by atoms with Crippen LogP contribution in [0.2, 0.25) is 0 Å². The molecule has 2 aliphatic heterocycles. The monoisotopic (exact) mass is 282 g/mol. The van der Waals surface area contributed by atoms with Gasteiger partial charge in [0.2, 0.25) is 0 Å². The normalized spacial score (nSPS) is 32.5. The molecule has 0 N–H and O–H groups in total. The first-order chi connectivity index (χ1) is 9.65. The first kappa shape index (κ1) is 14.1. The first-order valence-corrected chi connectivity index (χ1v) is 7.80. The number of ether oxygens (including phenoxy) is 2. The molecular weight excluding hydrogens is 256 g/mol. The summed E-state index contributed by atoms with van der Waals surface area (Å²) in [6.45, 7) is 4.21. The Kier molecular flexibility index (Phi) is 4.17. The fourth-order valence-electron chi connectivity index (χ4n) is 3.30. The zero-order chi connectivity index (χ0) is 14.1. The highest BCUT2D eigenvalue weighted by Crippen LogP contribution is 2.36. The third-order valence-electron chi connectivity index (χ3n) is 4.78. The minimum Gasteiger partial charge on any atom is -0.381 e. The molecule has 1 saturated carbocycles. The number of urea groups is 1. The van der Waals surface area contributed by atoms with Crippen molar-refractivity contribution in [1.82, 2.24) is 9.80 Å². The Balaban J connectivity index is 1.43. The van der Waals surface area contributed by atoms with Crippen molar-refractivity contribution in [3.8, 4) is 0 Å². The van der Waals surface area contributed by atoms with Crippen LogP contribution in [0.5, 0.6) is 0 Å². The van der Waals surface area contributed by atoms with Crippen molar-refractivity contribution < 1.29 is 14.3 Å². The lowest BCUT2D eigenvalue weighted by molar-refractivity contribution is 0.0850. The van der Waals surface area contributed by atoms with Gasteiger partial charge in [0, 0.05) is 46.3 Å². The molecule has 2 heterocycles. The Morgan fingerprint density at radius 2 is 2.15 bits per heavy atom. The van der Waals surface area contributed by atoms with Crippen LogP contribution in [0.3, 0.4) is 0 Å². The number of likely N-dealkylation sites (tertiary alicyclic amines) is 1. The smallest absolute Gasteiger partial charge is 0.319 e. The summed E-state index contributed by atoms with van der Waals surface area (Å²) < 4.78 is 11.6. The summed E-state index contributed by atoms with van der Waals surface area (Å²) in [5, 5.41) is 0. The summed E-state index contributed by atoms with van der Waals surface area (Å²) in [5.41, 5.74) is 0. The van der Waals surface area contributed by atoms with Gasteiger partial charge in [-0.2, -0.15) is 0 Å². The molecule has 0 bridgehead atoms. The van der Waals surface area contributed by atoms with E-state index >= 15 is 0 Å². The summed E-state index contributed by atoms with van der Waals surface area (Å²) in [6.07, 6.45) is 4.00. The number of hydrogen-bond donors (Lipinski definition) is 0. The number of hydrogen-bond acceptors (Lipinski definition) is 3. The lowest BCUT2D eigenvalue weighted by Gasteiger charge is -2.23. The minimum atomic E-state index is 0.103. The van der Waals surface area contributed by atoms with Gasteiger partial charge in [-0.1, -0.05) is 0 Å². The number of amides is 2. The molecule has 0 aromatic heterocycles. The SMILES string of the molecule is CN(C)C(=O)N1C[C@H]2[C@@H](CCOCC3CC3)CO[C@H]2C1. The number of carbonyl (C=O) groups is 1. The maximum absolute atomic E-state index is 12.0. The molecular formula is C15H26N2O3. The van der Waals surface area contributed by atoms with E-state index in [0.717, 1.165) is 45.2 Å². The largest absolute Gasteiger partial charge is 0.381 e. The number of rotatable bonds is 5. The van der Waals surface area contributed by atoms with Crippen LogP contribution in [-0.4, -0.2) is 68.9 Å². The summed E-state index contributed by atoms with van der Waals surface area (Å²) >= 11 is 0. The van der Waals surface area contributed by atoms with E-state index in [-0.39, 0.29) is 12.1 Å². The molecule has 0 spiro atoms. The molecule has 20 heavy (non-hydrogen) atoms. The van der Waals surface area contributed by atoms with Crippen LogP contribution in [0, 0.1) is 17.8 Å². The molecule has 0 unspecified atom stereocenters. The van der Waals surface area contributed by atoms with E-state index in [4.69, 9.17) is 9.47 Å². The van der Waals surface area contributed by atoms with Gasteiger partial charge in [0.15, 0.2) is 0 Å². The van der Waals surface area contributed by atoms with Crippen molar-refractivity contribution in [2.24, 2.45) is 17.8 Å². The van der Waals surface area contributed by atoms with Gasteiger partial charge in [-0.15, -0.1) is 0 Å². The molecule has 0 radical (unpaired) electrons. The standard InChI is InChI=1S/C15H26N2O3/c1-16(2)15(18)17-7-13-12(10-20-14(13)8-17)5-6-19-9-11-3-4-11/h11-14H,3-10H2,1-2H3/t12-,13-,14-/m0/s1. The second kappa shape index (κ2) is 5.90. The van der Waals surface area contributed by atoms with Crippen LogP contribution in [0.1, 0.15) is 19.3 Å². The Hall–Kier alpha value is -0.810. The van der Waals surface area contributed by atoms with E-state index in [1.165, 1.54) is 12.8 Å². The van der Waals surface area contributed by atoms with Crippen molar-refractivity contribution in [2.75, 3.05) is 47.0 Å². The van der Waals surface area contributed by atoms with E-state index in [1.54, 1.807) is 19.0 Å². The third kappa shape index (κ3) is 3.09. The van der Waals surface area contributed by atoms with Crippen molar-refractivity contribution in [3.05, 3.63) is 0 Å². The fourth-order valence-corrected chi connectivity index (χ4v) is 3.30. The highest BCUT2D eigenvalue weighted by atomic mass is 16.5. The number of nitrogens with zero attached hydrogens (tertiary/aromatic N) is 2. The second-order valence-corrected chi connectivity index (χ2v) is 6.68. The van der Waals surface area contributed by atoms with E-state index in [2.05, 4.69) is 0 Å². The van der Waals surface area contributed by atoms with Crippen LogP contribution in [0.4, 0.5) is 4.79 Å². The number of fused-ring (bicyclic) bond motifs is 1. The maximum atomic E-state index is 12.0. The van der Waals surface area contributed by atoms with Crippen molar-refractivity contribution in [3.63, 3.8) is 0 Å². The van der Waals surface area contributed by atoms with Crippen molar-refractivity contribution in [1.29, 1.82) is 0 Å². The van der Waals surface area contributed by atoms with Crippen molar-refractivity contribution >= 4 is 6.03 Å². The average molecular weight is 282 g/mol. The second-order valence-electron chi connectivity index (χ2n) is 6.68. The van der Waals surface area contributed by atoms with Crippen LogP contribution in [0.25, 0.3) is 0 Å². The zero-order valence-electron chi connectivity index (χ0n) is 12.6. The fraction of sp³-hybridized carbons (Fsp3) is 0.933. The highest BCUT2D eigenvalue weighted by Gasteiger charge is 2.45. The van der Waals surface area contributed by atoms with Gasteiger partial charge in [0.1, 0.15) is 0 Å². The predicted octanol–water partition coefficient (Wildman–Crippen LogP) is 1.43. The Morgan fingerprint density at radius 3 is 2.85 bits per heavy atom. The molecule has 1 aliphatic carbocycles. The van der Waals surface area contributed by atoms with Crippen LogP contribution < -0.4 is 0 Å². The number of carbonyl (C=O) groups excluding carboxylic acids is 1. The minimum absolute atomic E-state index is 0.103. The van der Waals surface area contributed by atoms with Gasteiger partial charge in [-0.3, -0.25) is 0 Å². The van der Waals surface area contributed by atoms with Gasteiger partial charge in [-0.05, 0) is 31.1 Å². The molecule has 3 atom stereocenters. The Labute approximate surface area is 121 Å². The zero-order valence-corrected chi connectivity index (χ0v) is 12.6. The van der Waals surface area contributed by atoms with Gasteiger partial charge < -0.3 is 19.3 Å². The van der Waals surface area contributed by atoms with Gasteiger partial charge >= 0.3 is 6.03 Å². The predicted molar refractivity (Wildman–Crippen MR) is 75.5 cm³/mol. The van der Waals surface area contributed by atoms with Crippen LogP contribution in [-0.2, 0) is 9.47 Å². The quantitative estimate of drug-likeness (QED) is 0.716. The molecule has 114 valence electrons.